The fraction of sp³-hybridized carbons (Fsp3) is 0.0769. The second-order valence-corrected chi connectivity index (χ2v) is 4.11. The Balaban J connectivity index is 2.12. The van der Waals surface area contributed by atoms with Crippen LogP contribution in [0.1, 0.15) is 0 Å². The van der Waals surface area contributed by atoms with Gasteiger partial charge < -0.3 is 0 Å². The lowest BCUT2D eigenvalue weighted by Crippen LogP contribution is -1.67. The van der Waals surface area contributed by atoms with Gasteiger partial charge in [-0.15, -0.1) is 11.8 Å². The van der Waals surface area contributed by atoms with E-state index >= 15 is 0 Å². The molecule has 0 fully saturated rings. The summed E-state index contributed by atoms with van der Waals surface area (Å²) in [6.07, 6.45) is 2.06. The molecule has 2 rings (SSSR count). The molecule has 0 atom stereocenters. The molecule has 0 unspecified atom stereocenters. The first-order valence-corrected chi connectivity index (χ1v) is 6.22. The SMILES string of the molecule is CSc1ccc(N=Nc2ccccc2)cc1. The van der Waals surface area contributed by atoms with Crippen molar-refractivity contribution in [2.45, 2.75) is 4.90 Å². The van der Waals surface area contributed by atoms with Crippen LogP contribution >= 0.6 is 11.8 Å². The zero-order valence-corrected chi connectivity index (χ0v) is 9.82. The van der Waals surface area contributed by atoms with Gasteiger partial charge in [0.25, 0.3) is 0 Å². The second kappa shape index (κ2) is 5.47. The molecule has 2 nitrogen and oxygen atoms in total. The Morgan fingerprint density at radius 3 is 1.88 bits per heavy atom. The molecule has 0 aliphatic heterocycles. The summed E-state index contributed by atoms with van der Waals surface area (Å²) >= 11 is 1.72. The third-order valence-electron chi connectivity index (χ3n) is 2.11. The van der Waals surface area contributed by atoms with Gasteiger partial charge in [-0.1, -0.05) is 18.2 Å². The molecule has 0 amide bonds. The maximum absolute atomic E-state index is 4.17. The van der Waals surface area contributed by atoms with Crippen LogP contribution in [0.5, 0.6) is 0 Å². The third kappa shape index (κ3) is 2.94. The van der Waals surface area contributed by atoms with Crippen LogP contribution in [0, 0.1) is 0 Å². The van der Waals surface area contributed by atoms with E-state index in [2.05, 4.69) is 16.5 Å². The Hall–Kier alpha value is -1.61. The van der Waals surface area contributed by atoms with Gasteiger partial charge in [-0.3, -0.25) is 0 Å². The van der Waals surface area contributed by atoms with Gasteiger partial charge in [-0.25, -0.2) is 0 Å². The molecule has 0 radical (unpaired) electrons. The first kappa shape index (κ1) is 10.9. The van der Waals surface area contributed by atoms with Crippen molar-refractivity contribution >= 4 is 23.1 Å². The minimum absolute atomic E-state index is 0.872. The predicted octanol–water partition coefficient (Wildman–Crippen LogP) is 4.82. The lowest BCUT2D eigenvalue weighted by molar-refractivity contribution is 1.22. The Morgan fingerprint density at radius 2 is 1.31 bits per heavy atom. The van der Waals surface area contributed by atoms with Crippen LogP contribution < -0.4 is 0 Å². The van der Waals surface area contributed by atoms with Crippen LogP contribution in [-0.2, 0) is 0 Å². The van der Waals surface area contributed by atoms with Crippen LogP contribution in [0.15, 0.2) is 69.7 Å². The summed E-state index contributed by atoms with van der Waals surface area (Å²) in [5.41, 5.74) is 1.75. The van der Waals surface area contributed by atoms with Crippen LogP contribution in [0.25, 0.3) is 0 Å². The number of hydrogen-bond acceptors (Lipinski definition) is 3. The Kier molecular flexibility index (Phi) is 3.72. The summed E-state index contributed by atoms with van der Waals surface area (Å²) in [5, 5.41) is 8.32. The molecule has 0 saturated heterocycles. The standard InChI is InChI=1S/C13H12N2S/c1-16-13-9-7-12(8-10-13)15-14-11-5-3-2-4-6-11/h2-10H,1H3. The van der Waals surface area contributed by atoms with E-state index in [1.54, 1.807) is 11.8 Å². The summed E-state index contributed by atoms with van der Waals surface area (Å²) < 4.78 is 0. The third-order valence-corrected chi connectivity index (χ3v) is 2.85. The molecule has 3 heteroatoms. The fourth-order valence-corrected chi connectivity index (χ4v) is 1.67. The summed E-state index contributed by atoms with van der Waals surface area (Å²) in [4.78, 5) is 1.23. The van der Waals surface area contributed by atoms with E-state index in [-0.39, 0.29) is 0 Å². The second-order valence-electron chi connectivity index (χ2n) is 3.23. The van der Waals surface area contributed by atoms with Crippen LogP contribution in [-0.4, -0.2) is 6.26 Å². The Labute approximate surface area is 99.4 Å². The van der Waals surface area contributed by atoms with E-state index in [0.717, 1.165) is 11.4 Å². The molecule has 0 spiro atoms. The first-order chi connectivity index (χ1) is 7.88. The maximum atomic E-state index is 4.17. The molecular formula is C13H12N2S. The van der Waals surface area contributed by atoms with Gasteiger partial charge in [0.2, 0.25) is 0 Å². The Bertz CT molecular complexity index is 463. The van der Waals surface area contributed by atoms with Crippen molar-refractivity contribution in [2.75, 3.05) is 6.26 Å². The van der Waals surface area contributed by atoms with Crippen molar-refractivity contribution in [1.29, 1.82) is 0 Å². The molecule has 0 saturated carbocycles. The monoisotopic (exact) mass is 228 g/mol. The lowest BCUT2D eigenvalue weighted by atomic mass is 10.3. The zero-order valence-electron chi connectivity index (χ0n) is 9.00. The highest BCUT2D eigenvalue weighted by atomic mass is 32.2. The number of benzene rings is 2. The number of nitrogens with zero attached hydrogens (tertiary/aromatic N) is 2. The number of thioether (sulfide) groups is 1. The van der Waals surface area contributed by atoms with Gasteiger partial charge in [-0.05, 0) is 42.7 Å². The largest absolute Gasteiger partial charge is 0.151 e. The molecule has 2 aromatic carbocycles. The molecule has 0 N–H and O–H groups in total. The van der Waals surface area contributed by atoms with E-state index in [1.807, 2.05) is 54.6 Å². The van der Waals surface area contributed by atoms with E-state index < -0.39 is 0 Å². The van der Waals surface area contributed by atoms with Crippen molar-refractivity contribution < 1.29 is 0 Å². The Morgan fingerprint density at radius 1 is 0.750 bits per heavy atom. The molecule has 0 aliphatic rings. The zero-order chi connectivity index (χ0) is 11.2. The quantitative estimate of drug-likeness (QED) is 0.545. The summed E-state index contributed by atoms with van der Waals surface area (Å²) in [7, 11) is 0. The molecule has 80 valence electrons. The smallest absolute Gasteiger partial charge is 0.0857 e. The highest BCUT2D eigenvalue weighted by Crippen LogP contribution is 2.21. The van der Waals surface area contributed by atoms with Crippen LogP contribution in [0.3, 0.4) is 0 Å². The minimum atomic E-state index is 0.872. The maximum Gasteiger partial charge on any atom is 0.0857 e. The van der Waals surface area contributed by atoms with Crippen molar-refractivity contribution in [3.05, 3.63) is 54.6 Å². The van der Waals surface area contributed by atoms with Gasteiger partial charge in [0.1, 0.15) is 0 Å². The van der Waals surface area contributed by atoms with Gasteiger partial charge in [-0.2, -0.15) is 10.2 Å². The minimum Gasteiger partial charge on any atom is -0.151 e. The van der Waals surface area contributed by atoms with E-state index in [1.165, 1.54) is 4.90 Å². The van der Waals surface area contributed by atoms with Crippen LogP contribution in [0.4, 0.5) is 11.4 Å². The normalized spacial score (nSPS) is 10.8. The average molecular weight is 228 g/mol. The van der Waals surface area contributed by atoms with E-state index in [0.29, 0.717) is 0 Å². The van der Waals surface area contributed by atoms with Crippen LogP contribution in [0.2, 0.25) is 0 Å². The molecule has 0 heterocycles. The number of hydrogen-bond donors (Lipinski definition) is 0. The molecular weight excluding hydrogens is 216 g/mol. The van der Waals surface area contributed by atoms with Crippen molar-refractivity contribution in [2.24, 2.45) is 10.2 Å². The number of rotatable bonds is 3. The molecule has 2 aromatic rings. The number of azo groups is 1. The topological polar surface area (TPSA) is 24.7 Å². The highest BCUT2D eigenvalue weighted by Gasteiger charge is 1.91. The van der Waals surface area contributed by atoms with Gasteiger partial charge in [0.15, 0.2) is 0 Å². The summed E-state index contributed by atoms with van der Waals surface area (Å²) in [5.74, 6) is 0. The predicted molar refractivity (Wildman–Crippen MR) is 68.8 cm³/mol. The van der Waals surface area contributed by atoms with Gasteiger partial charge in [0, 0.05) is 4.90 Å². The molecule has 0 aliphatic carbocycles. The molecule has 0 bridgehead atoms. The average Bonchev–Trinajstić information content (AvgIpc) is 2.38. The van der Waals surface area contributed by atoms with Crippen molar-refractivity contribution in [3.8, 4) is 0 Å². The van der Waals surface area contributed by atoms with Gasteiger partial charge >= 0.3 is 0 Å². The molecule has 16 heavy (non-hydrogen) atoms. The van der Waals surface area contributed by atoms with Gasteiger partial charge in [0.05, 0.1) is 11.4 Å². The van der Waals surface area contributed by atoms with Crippen molar-refractivity contribution in [1.82, 2.24) is 0 Å². The molecule has 0 aromatic heterocycles. The first-order valence-electron chi connectivity index (χ1n) is 4.99. The van der Waals surface area contributed by atoms with E-state index in [4.69, 9.17) is 0 Å². The fourth-order valence-electron chi connectivity index (χ4n) is 1.26. The van der Waals surface area contributed by atoms with E-state index in [9.17, 15) is 0 Å². The summed E-state index contributed by atoms with van der Waals surface area (Å²) in [6, 6.07) is 17.8. The highest BCUT2D eigenvalue weighted by molar-refractivity contribution is 7.98. The lowest BCUT2D eigenvalue weighted by Gasteiger charge is -1.95. The van der Waals surface area contributed by atoms with Crippen molar-refractivity contribution in [3.63, 3.8) is 0 Å². The summed E-state index contributed by atoms with van der Waals surface area (Å²) in [6.45, 7) is 0.